The van der Waals surface area contributed by atoms with Gasteiger partial charge in [-0.3, -0.25) is 4.90 Å². The van der Waals surface area contributed by atoms with Crippen LogP contribution in [0.3, 0.4) is 0 Å². The normalized spacial score (nSPS) is 9.73. The zero-order valence-corrected chi connectivity index (χ0v) is 9.16. The van der Waals surface area contributed by atoms with E-state index >= 15 is 0 Å². The third kappa shape index (κ3) is 2.62. The molecule has 0 spiro atoms. The highest BCUT2D eigenvalue weighted by Crippen LogP contribution is 2.21. The first kappa shape index (κ1) is 11.4. The third-order valence-corrected chi connectivity index (χ3v) is 2.12. The van der Waals surface area contributed by atoms with E-state index in [4.69, 9.17) is 5.73 Å². The lowest BCUT2D eigenvalue weighted by Crippen LogP contribution is -2.40. The maximum Gasteiger partial charge on any atom is 0.321 e. The number of nitrogens with two attached hydrogens (primary N) is 1. The standard InChI is InChI=1S/C11H17N3O/c1-3-13-11(15)14(4-2)10-8-6-5-7-9(10)12/h5-8H,3-4,12H2,1-2H3,(H,13,15). The van der Waals surface area contributed by atoms with Gasteiger partial charge in [0, 0.05) is 13.1 Å². The molecule has 15 heavy (non-hydrogen) atoms. The summed E-state index contributed by atoms with van der Waals surface area (Å²) in [6, 6.07) is 7.24. The Labute approximate surface area is 90.1 Å². The fourth-order valence-corrected chi connectivity index (χ4v) is 1.40. The minimum atomic E-state index is -0.113. The topological polar surface area (TPSA) is 58.4 Å². The third-order valence-electron chi connectivity index (χ3n) is 2.12. The highest BCUT2D eigenvalue weighted by molar-refractivity contribution is 5.94. The molecule has 1 aromatic rings. The molecule has 0 heterocycles. The zero-order chi connectivity index (χ0) is 11.3. The van der Waals surface area contributed by atoms with Gasteiger partial charge in [-0.1, -0.05) is 12.1 Å². The minimum absolute atomic E-state index is 0.113. The molecule has 1 aromatic carbocycles. The number of nitrogens with zero attached hydrogens (tertiary/aromatic N) is 1. The number of hydrogen-bond donors (Lipinski definition) is 2. The summed E-state index contributed by atoms with van der Waals surface area (Å²) in [5.74, 6) is 0. The van der Waals surface area contributed by atoms with Gasteiger partial charge < -0.3 is 11.1 Å². The van der Waals surface area contributed by atoms with Crippen LogP contribution in [0.2, 0.25) is 0 Å². The predicted octanol–water partition coefficient (Wildman–Crippen LogP) is 1.82. The number of carbonyl (C=O) groups is 1. The number of rotatable bonds is 3. The first-order valence-electron chi connectivity index (χ1n) is 5.10. The predicted molar refractivity (Wildman–Crippen MR) is 62.9 cm³/mol. The zero-order valence-electron chi connectivity index (χ0n) is 9.16. The van der Waals surface area contributed by atoms with Gasteiger partial charge in [-0.25, -0.2) is 4.79 Å². The molecule has 0 radical (unpaired) electrons. The van der Waals surface area contributed by atoms with E-state index in [9.17, 15) is 4.79 Å². The van der Waals surface area contributed by atoms with E-state index in [1.54, 1.807) is 11.0 Å². The highest BCUT2D eigenvalue weighted by atomic mass is 16.2. The second-order valence-corrected chi connectivity index (χ2v) is 3.14. The quantitative estimate of drug-likeness (QED) is 0.743. The van der Waals surface area contributed by atoms with E-state index in [1.165, 1.54) is 0 Å². The van der Waals surface area contributed by atoms with E-state index in [-0.39, 0.29) is 6.03 Å². The first-order valence-corrected chi connectivity index (χ1v) is 5.10. The lowest BCUT2D eigenvalue weighted by atomic mass is 10.2. The summed E-state index contributed by atoms with van der Waals surface area (Å²) in [7, 11) is 0. The van der Waals surface area contributed by atoms with E-state index < -0.39 is 0 Å². The molecule has 4 heteroatoms. The molecule has 0 atom stereocenters. The summed E-state index contributed by atoms with van der Waals surface area (Å²) in [4.78, 5) is 13.3. The van der Waals surface area contributed by atoms with E-state index in [0.29, 0.717) is 18.8 Å². The second-order valence-electron chi connectivity index (χ2n) is 3.14. The number of anilines is 2. The smallest absolute Gasteiger partial charge is 0.321 e. The van der Waals surface area contributed by atoms with Crippen LogP contribution in [0, 0.1) is 0 Å². The van der Waals surface area contributed by atoms with Gasteiger partial charge in [0.05, 0.1) is 11.4 Å². The molecule has 0 aromatic heterocycles. The van der Waals surface area contributed by atoms with Crippen molar-refractivity contribution in [3.63, 3.8) is 0 Å². The monoisotopic (exact) mass is 207 g/mol. The summed E-state index contributed by atoms with van der Waals surface area (Å²) in [5, 5.41) is 2.75. The fraction of sp³-hybridized carbons (Fsp3) is 0.364. The Bertz CT molecular complexity index is 338. The average Bonchev–Trinajstić information content (AvgIpc) is 2.22. The van der Waals surface area contributed by atoms with Crippen LogP contribution in [0.4, 0.5) is 16.2 Å². The lowest BCUT2D eigenvalue weighted by Gasteiger charge is -2.22. The lowest BCUT2D eigenvalue weighted by molar-refractivity contribution is 0.247. The highest BCUT2D eigenvalue weighted by Gasteiger charge is 2.14. The Hall–Kier alpha value is -1.71. The Kier molecular flexibility index (Phi) is 3.97. The van der Waals surface area contributed by atoms with E-state index in [1.807, 2.05) is 32.0 Å². The van der Waals surface area contributed by atoms with Crippen LogP contribution in [0.1, 0.15) is 13.8 Å². The summed E-state index contributed by atoms with van der Waals surface area (Å²) in [6.45, 7) is 5.02. The number of para-hydroxylation sites is 2. The molecular formula is C11H17N3O. The Morgan fingerprint density at radius 2 is 2.07 bits per heavy atom. The SMILES string of the molecule is CCNC(=O)N(CC)c1ccccc1N. The van der Waals surface area contributed by atoms with Crippen molar-refractivity contribution in [2.45, 2.75) is 13.8 Å². The van der Waals surface area contributed by atoms with Crippen molar-refractivity contribution in [3.05, 3.63) is 24.3 Å². The summed E-state index contributed by atoms with van der Waals surface area (Å²) in [6.07, 6.45) is 0. The molecule has 2 amide bonds. The van der Waals surface area contributed by atoms with Crippen LogP contribution in [0.25, 0.3) is 0 Å². The van der Waals surface area contributed by atoms with Crippen molar-refractivity contribution in [1.29, 1.82) is 0 Å². The largest absolute Gasteiger partial charge is 0.397 e. The molecule has 0 saturated carbocycles. The van der Waals surface area contributed by atoms with Crippen LogP contribution >= 0.6 is 0 Å². The summed E-state index contributed by atoms with van der Waals surface area (Å²) in [5.41, 5.74) is 7.18. The Morgan fingerprint density at radius 3 is 2.60 bits per heavy atom. The second kappa shape index (κ2) is 5.24. The van der Waals surface area contributed by atoms with E-state index in [0.717, 1.165) is 5.69 Å². The van der Waals surface area contributed by atoms with Crippen molar-refractivity contribution in [3.8, 4) is 0 Å². The molecule has 82 valence electrons. The Balaban J connectivity index is 2.92. The molecule has 0 fully saturated rings. The number of hydrogen-bond acceptors (Lipinski definition) is 2. The van der Waals surface area contributed by atoms with Crippen LogP contribution in [0.15, 0.2) is 24.3 Å². The number of carbonyl (C=O) groups excluding carboxylic acids is 1. The first-order chi connectivity index (χ1) is 7.20. The van der Waals surface area contributed by atoms with Crippen LogP contribution in [0.5, 0.6) is 0 Å². The minimum Gasteiger partial charge on any atom is -0.397 e. The van der Waals surface area contributed by atoms with Gasteiger partial charge in [0.2, 0.25) is 0 Å². The van der Waals surface area contributed by atoms with Crippen LogP contribution in [-0.4, -0.2) is 19.1 Å². The van der Waals surface area contributed by atoms with Gasteiger partial charge in [0.15, 0.2) is 0 Å². The van der Waals surface area contributed by atoms with Gasteiger partial charge in [-0.2, -0.15) is 0 Å². The average molecular weight is 207 g/mol. The maximum absolute atomic E-state index is 11.7. The number of amides is 2. The van der Waals surface area contributed by atoms with Crippen molar-refractivity contribution in [2.75, 3.05) is 23.7 Å². The molecule has 0 aliphatic rings. The summed E-state index contributed by atoms with van der Waals surface area (Å²) >= 11 is 0. The van der Waals surface area contributed by atoms with Crippen molar-refractivity contribution >= 4 is 17.4 Å². The number of nitrogens with one attached hydrogen (secondary N) is 1. The molecule has 0 aliphatic carbocycles. The van der Waals surface area contributed by atoms with Crippen LogP contribution in [-0.2, 0) is 0 Å². The van der Waals surface area contributed by atoms with Gasteiger partial charge >= 0.3 is 6.03 Å². The van der Waals surface area contributed by atoms with Gasteiger partial charge in [0.1, 0.15) is 0 Å². The molecule has 4 nitrogen and oxygen atoms in total. The maximum atomic E-state index is 11.7. The van der Waals surface area contributed by atoms with Crippen molar-refractivity contribution < 1.29 is 4.79 Å². The molecule has 0 bridgehead atoms. The molecule has 0 aliphatic heterocycles. The molecule has 0 saturated heterocycles. The van der Waals surface area contributed by atoms with E-state index in [2.05, 4.69) is 5.32 Å². The van der Waals surface area contributed by atoms with Crippen molar-refractivity contribution in [1.82, 2.24) is 5.32 Å². The Morgan fingerprint density at radius 1 is 1.40 bits per heavy atom. The molecular weight excluding hydrogens is 190 g/mol. The number of benzene rings is 1. The number of nitrogen functional groups attached to an aromatic ring is 1. The molecule has 0 unspecified atom stereocenters. The van der Waals surface area contributed by atoms with Crippen molar-refractivity contribution in [2.24, 2.45) is 0 Å². The fourth-order valence-electron chi connectivity index (χ4n) is 1.40. The molecule has 1 rings (SSSR count). The molecule has 3 N–H and O–H groups in total. The number of urea groups is 1. The van der Waals surface area contributed by atoms with Gasteiger partial charge in [-0.15, -0.1) is 0 Å². The van der Waals surface area contributed by atoms with Crippen LogP contribution < -0.4 is 16.0 Å². The summed E-state index contributed by atoms with van der Waals surface area (Å²) < 4.78 is 0. The van der Waals surface area contributed by atoms with Gasteiger partial charge in [-0.05, 0) is 26.0 Å². The van der Waals surface area contributed by atoms with Gasteiger partial charge in [0.25, 0.3) is 0 Å².